The van der Waals surface area contributed by atoms with E-state index in [2.05, 4.69) is 44.2 Å². The van der Waals surface area contributed by atoms with Gasteiger partial charge in [-0.1, -0.05) is 36.8 Å². The van der Waals surface area contributed by atoms with Crippen LogP contribution >= 0.6 is 11.8 Å². The molecule has 2 N–H and O–H groups in total. The molecule has 0 saturated heterocycles. The summed E-state index contributed by atoms with van der Waals surface area (Å²) in [6.07, 6.45) is 0.986. The second-order valence-electron chi connectivity index (χ2n) is 4.83. The molecule has 0 fully saturated rings. The van der Waals surface area contributed by atoms with Gasteiger partial charge in [-0.25, -0.2) is 0 Å². The predicted octanol–water partition coefficient (Wildman–Crippen LogP) is 4.66. The van der Waals surface area contributed by atoms with Crippen molar-refractivity contribution in [2.45, 2.75) is 30.9 Å². The lowest BCUT2D eigenvalue weighted by molar-refractivity contribution is 0.318. The first kappa shape index (κ1) is 14.8. The van der Waals surface area contributed by atoms with Gasteiger partial charge >= 0.3 is 0 Å². The monoisotopic (exact) mass is 287 g/mol. The average Bonchev–Trinajstić information content (AvgIpc) is 2.45. The quantitative estimate of drug-likeness (QED) is 0.620. The zero-order valence-corrected chi connectivity index (χ0v) is 12.9. The lowest BCUT2D eigenvalue weighted by atomic mass is 10.2. The Labute approximate surface area is 125 Å². The van der Waals surface area contributed by atoms with Crippen molar-refractivity contribution in [3.8, 4) is 5.75 Å². The van der Waals surface area contributed by atoms with E-state index in [1.54, 1.807) is 11.8 Å². The summed E-state index contributed by atoms with van der Waals surface area (Å²) in [5.74, 6) is 1.75. The highest BCUT2D eigenvalue weighted by atomic mass is 32.2. The lowest BCUT2D eigenvalue weighted by Crippen LogP contribution is -1.99. The molecule has 2 nitrogen and oxygen atoms in total. The van der Waals surface area contributed by atoms with Gasteiger partial charge in [0.15, 0.2) is 0 Å². The van der Waals surface area contributed by atoms with E-state index in [0.29, 0.717) is 12.3 Å². The standard InChI is InChI=1S/C17H21NOS/c1-3-9-19-17-11-15(7-8-16(17)18)20-12-14-6-4-5-13(2)10-14/h4-8,10-11H,3,9,12,18H2,1-2H3. The van der Waals surface area contributed by atoms with Crippen LogP contribution in [0, 0.1) is 6.92 Å². The van der Waals surface area contributed by atoms with Crippen molar-refractivity contribution < 1.29 is 4.74 Å². The van der Waals surface area contributed by atoms with Crippen LogP contribution in [0.5, 0.6) is 5.75 Å². The Morgan fingerprint density at radius 2 is 2.00 bits per heavy atom. The highest BCUT2D eigenvalue weighted by molar-refractivity contribution is 7.98. The summed E-state index contributed by atoms with van der Waals surface area (Å²) in [5.41, 5.74) is 9.26. The molecular weight excluding hydrogens is 266 g/mol. The van der Waals surface area contributed by atoms with Gasteiger partial charge in [0.05, 0.1) is 12.3 Å². The Kier molecular flexibility index (Phi) is 5.36. The number of thioether (sulfide) groups is 1. The summed E-state index contributed by atoms with van der Waals surface area (Å²) in [5, 5.41) is 0. The molecule has 2 aromatic carbocycles. The molecular formula is C17H21NOS. The Morgan fingerprint density at radius 3 is 2.75 bits per heavy atom. The molecule has 2 aromatic rings. The number of rotatable bonds is 6. The van der Waals surface area contributed by atoms with Crippen LogP contribution in [0.4, 0.5) is 5.69 Å². The van der Waals surface area contributed by atoms with Crippen LogP contribution < -0.4 is 10.5 Å². The van der Waals surface area contributed by atoms with Crippen LogP contribution in [-0.2, 0) is 5.75 Å². The number of aryl methyl sites for hydroxylation is 1. The van der Waals surface area contributed by atoms with Gasteiger partial charge in [0.1, 0.15) is 5.75 Å². The molecule has 3 heteroatoms. The zero-order valence-electron chi connectivity index (χ0n) is 12.1. The molecule has 0 spiro atoms. The van der Waals surface area contributed by atoms with Crippen molar-refractivity contribution in [3.63, 3.8) is 0 Å². The molecule has 0 heterocycles. The summed E-state index contributed by atoms with van der Waals surface area (Å²) < 4.78 is 5.66. The summed E-state index contributed by atoms with van der Waals surface area (Å²) in [6, 6.07) is 14.6. The molecule has 0 aliphatic rings. The van der Waals surface area contributed by atoms with Crippen molar-refractivity contribution >= 4 is 17.4 Å². The summed E-state index contributed by atoms with van der Waals surface area (Å²) >= 11 is 1.80. The predicted molar refractivity (Wildman–Crippen MR) is 87.4 cm³/mol. The van der Waals surface area contributed by atoms with Crippen molar-refractivity contribution in [1.82, 2.24) is 0 Å². The SMILES string of the molecule is CCCOc1cc(SCc2cccc(C)c2)ccc1N. The molecule has 0 unspecified atom stereocenters. The van der Waals surface area contributed by atoms with Gasteiger partial charge in [0.25, 0.3) is 0 Å². The molecule has 0 aliphatic heterocycles. The first-order valence-corrected chi connectivity index (χ1v) is 7.88. The van der Waals surface area contributed by atoms with E-state index in [-0.39, 0.29) is 0 Å². The number of benzene rings is 2. The minimum absolute atomic E-state index is 0.705. The molecule has 20 heavy (non-hydrogen) atoms. The van der Waals surface area contributed by atoms with Crippen LogP contribution in [0.1, 0.15) is 24.5 Å². The largest absolute Gasteiger partial charge is 0.491 e. The maximum Gasteiger partial charge on any atom is 0.143 e. The molecule has 0 bridgehead atoms. The molecule has 106 valence electrons. The van der Waals surface area contributed by atoms with Gasteiger partial charge in [-0.05, 0) is 37.1 Å². The van der Waals surface area contributed by atoms with Crippen molar-refractivity contribution in [1.29, 1.82) is 0 Å². The second-order valence-corrected chi connectivity index (χ2v) is 5.87. The summed E-state index contributed by atoms with van der Waals surface area (Å²) in [7, 11) is 0. The molecule has 0 aliphatic carbocycles. The fraction of sp³-hybridized carbons (Fsp3) is 0.294. The lowest BCUT2D eigenvalue weighted by Gasteiger charge is -2.10. The van der Waals surface area contributed by atoms with E-state index in [0.717, 1.165) is 17.9 Å². The van der Waals surface area contributed by atoms with Gasteiger partial charge in [-0.3, -0.25) is 0 Å². The number of nitrogen functional groups attached to an aromatic ring is 1. The van der Waals surface area contributed by atoms with Crippen LogP contribution in [0.15, 0.2) is 47.4 Å². The summed E-state index contributed by atoms with van der Waals surface area (Å²) in [4.78, 5) is 1.19. The second kappa shape index (κ2) is 7.25. The molecule has 0 amide bonds. The van der Waals surface area contributed by atoms with E-state index in [4.69, 9.17) is 10.5 Å². The number of anilines is 1. The Bertz CT molecular complexity index is 569. The van der Waals surface area contributed by atoms with Crippen molar-refractivity contribution in [2.24, 2.45) is 0 Å². The average molecular weight is 287 g/mol. The minimum atomic E-state index is 0.705. The van der Waals surface area contributed by atoms with Crippen LogP contribution in [0.2, 0.25) is 0 Å². The highest BCUT2D eigenvalue weighted by Crippen LogP contribution is 2.30. The third-order valence-corrected chi connectivity index (χ3v) is 4.00. The van der Waals surface area contributed by atoms with Crippen LogP contribution in [0.25, 0.3) is 0 Å². The van der Waals surface area contributed by atoms with Crippen molar-refractivity contribution in [2.75, 3.05) is 12.3 Å². The highest BCUT2D eigenvalue weighted by Gasteiger charge is 2.03. The molecule has 0 atom stereocenters. The van der Waals surface area contributed by atoms with E-state index in [9.17, 15) is 0 Å². The molecule has 2 rings (SSSR count). The van der Waals surface area contributed by atoms with Gasteiger partial charge < -0.3 is 10.5 Å². The normalized spacial score (nSPS) is 10.5. The third-order valence-electron chi connectivity index (χ3n) is 2.93. The van der Waals surface area contributed by atoms with Crippen LogP contribution in [0.3, 0.4) is 0 Å². The summed E-state index contributed by atoms with van der Waals surface area (Å²) in [6.45, 7) is 4.91. The van der Waals surface area contributed by atoms with Crippen molar-refractivity contribution in [3.05, 3.63) is 53.6 Å². The maximum absolute atomic E-state index is 5.92. The first-order valence-electron chi connectivity index (χ1n) is 6.89. The third kappa shape index (κ3) is 4.20. The number of hydrogen-bond acceptors (Lipinski definition) is 3. The van der Waals surface area contributed by atoms with Gasteiger partial charge in [-0.2, -0.15) is 0 Å². The Morgan fingerprint density at radius 1 is 1.15 bits per heavy atom. The topological polar surface area (TPSA) is 35.2 Å². The van der Waals surface area contributed by atoms with E-state index in [1.165, 1.54) is 16.0 Å². The Balaban J connectivity index is 2.02. The first-order chi connectivity index (χ1) is 9.69. The maximum atomic E-state index is 5.92. The molecule has 0 radical (unpaired) electrons. The Hall–Kier alpha value is -1.61. The fourth-order valence-corrected chi connectivity index (χ4v) is 2.78. The number of nitrogens with two attached hydrogens (primary N) is 1. The van der Waals surface area contributed by atoms with E-state index < -0.39 is 0 Å². The molecule has 0 aromatic heterocycles. The van der Waals surface area contributed by atoms with E-state index >= 15 is 0 Å². The van der Waals surface area contributed by atoms with Gasteiger partial charge in [0, 0.05) is 10.6 Å². The number of hydrogen-bond donors (Lipinski definition) is 1. The van der Waals surface area contributed by atoms with Crippen LogP contribution in [-0.4, -0.2) is 6.61 Å². The smallest absolute Gasteiger partial charge is 0.143 e. The van der Waals surface area contributed by atoms with Gasteiger partial charge in [0.2, 0.25) is 0 Å². The minimum Gasteiger partial charge on any atom is -0.491 e. The van der Waals surface area contributed by atoms with Gasteiger partial charge in [-0.15, -0.1) is 11.8 Å². The number of ether oxygens (including phenoxy) is 1. The fourth-order valence-electron chi connectivity index (χ4n) is 1.91. The molecule has 0 saturated carbocycles. The van der Waals surface area contributed by atoms with E-state index in [1.807, 2.05) is 12.1 Å². The zero-order chi connectivity index (χ0) is 14.4.